The molecule has 1 aliphatic heterocycles. The Balaban J connectivity index is 1.84. The molecule has 1 saturated heterocycles. The molecule has 3 nitrogen and oxygen atoms in total. The fourth-order valence-corrected chi connectivity index (χ4v) is 2.69. The van der Waals surface area contributed by atoms with Crippen LogP contribution in [0.3, 0.4) is 0 Å². The second-order valence-corrected chi connectivity index (χ2v) is 5.55. The van der Waals surface area contributed by atoms with Crippen molar-refractivity contribution in [2.75, 3.05) is 6.54 Å². The van der Waals surface area contributed by atoms with Crippen molar-refractivity contribution < 1.29 is 22.4 Å². The number of hydrogen-bond acceptors (Lipinski definition) is 2. The summed E-state index contributed by atoms with van der Waals surface area (Å²) in [5, 5.41) is 3.06. The molecule has 3 rings (SSSR count). The van der Waals surface area contributed by atoms with Gasteiger partial charge in [-0.3, -0.25) is 10.1 Å². The minimum absolute atomic E-state index is 0.319. The van der Waals surface area contributed by atoms with Crippen LogP contribution in [0.25, 0.3) is 0 Å². The molecule has 1 saturated carbocycles. The Hall–Kier alpha value is -1.63. The van der Waals surface area contributed by atoms with E-state index in [0.29, 0.717) is 18.4 Å². The van der Waals surface area contributed by atoms with Gasteiger partial charge < -0.3 is 4.90 Å². The lowest BCUT2D eigenvalue weighted by Gasteiger charge is -2.25. The number of alkyl halides is 3. The third-order valence-corrected chi connectivity index (χ3v) is 3.95. The van der Waals surface area contributed by atoms with Crippen molar-refractivity contribution >= 4 is 5.91 Å². The van der Waals surface area contributed by atoms with Gasteiger partial charge in [0.25, 0.3) is 0 Å². The van der Waals surface area contributed by atoms with Crippen molar-refractivity contribution in [1.29, 1.82) is 0 Å². The van der Waals surface area contributed by atoms with Crippen molar-refractivity contribution in [3.63, 3.8) is 0 Å². The summed E-state index contributed by atoms with van der Waals surface area (Å²) in [6, 6.07) is 5.59. The van der Waals surface area contributed by atoms with Gasteiger partial charge in [-0.05, 0) is 30.5 Å². The van der Waals surface area contributed by atoms with E-state index in [1.807, 2.05) is 0 Å². The van der Waals surface area contributed by atoms with Gasteiger partial charge in [0.1, 0.15) is 17.5 Å². The monoisotopic (exact) mass is 302 g/mol. The van der Waals surface area contributed by atoms with Gasteiger partial charge in [-0.2, -0.15) is 13.2 Å². The van der Waals surface area contributed by atoms with Crippen LogP contribution in [0.5, 0.6) is 0 Å². The van der Waals surface area contributed by atoms with Crippen LogP contribution in [0.2, 0.25) is 0 Å². The lowest BCUT2D eigenvalue weighted by Crippen LogP contribution is -2.34. The maximum absolute atomic E-state index is 13.3. The van der Waals surface area contributed by atoms with Gasteiger partial charge in [0.2, 0.25) is 5.91 Å². The van der Waals surface area contributed by atoms with E-state index in [1.165, 1.54) is 23.1 Å². The summed E-state index contributed by atoms with van der Waals surface area (Å²) in [6.07, 6.45) is -4.87. The van der Waals surface area contributed by atoms with E-state index in [4.69, 9.17) is 0 Å². The number of halogens is 4. The Morgan fingerprint density at radius 2 is 2.05 bits per heavy atom. The van der Waals surface area contributed by atoms with Crippen LogP contribution >= 0.6 is 0 Å². The Labute approximate surface area is 118 Å². The van der Waals surface area contributed by atoms with Gasteiger partial charge in [0.05, 0.1) is 6.42 Å². The summed E-state index contributed by atoms with van der Waals surface area (Å²) in [4.78, 5) is 13.5. The Kier molecular flexibility index (Phi) is 3.20. The molecule has 21 heavy (non-hydrogen) atoms. The van der Waals surface area contributed by atoms with Crippen molar-refractivity contribution in [1.82, 2.24) is 10.2 Å². The molecule has 1 aromatic carbocycles. The first kappa shape index (κ1) is 14.3. The summed E-state index contributed by atoms with van der Waals surface area (Å²) < 4.78 is 50.6. The van der Waals surface area contributed by atoms with Crippen LogP contribution in [0.1, 0.15) is 31.0 Å². The minimum Gasteiger partial charge on any atom is -0.321 e. The number of benzene rings is 1. The molecule has 0 radical (unpaired) electrons. The molecule has 7 heteroatoms. The third kappa shape index (κ3) is 2.74. The van der Waals surface area contributed by atoms with Gasteiger partial charge in [-0.15, -0.1) is 0 Å². The first-order valence-electron chi connectivity index (χ1n) is 6.72. The number of hydrogen-bond donors (Lipinski definition) is 1. The summed E-state index contributed by atoms with van der Waals surface area (Å²) in [7, 11) is 0. The SMILES string of the molecule is O=C1N(CCC(F)(F)F)C(c2cccc(F)c2)NC12CC2. The molecule has 1 heterocycles. The molecule has 2 aliphatic rings. The van der Waals surface area contributed by atoms with Crippen LogP contribution < -0.4 is 5.32 Å². The van der Waals surface area contributed by atoms with E-state index in [1.54, 1.807) is 6.07 Å². The van der Waals surface area contributed by atoms with Crippen molar-refractivity contribution in [3.05, 3.63) is 35.6 Å². The van der Waals surface area contributed by atoms with Crippen molar-refractivity contribution in [3.8, 4) is 0 Å². The van der Waals surface area contributed by atoms with E-state index in [0.717, 1.165) is 0 Å². The van der Waals surface area contributed by atoms with Gasteiger partial charge in [-0.1, -0.05) is 12.1 Å². The maximum atomic E-state index is 13.3. The van der Waals surface area contributed by atoms with Gasteiger partial charge in [0.15, 0.2) is 0 Å². The highest BCUT2D eigenvalue weighted by atomic mass is 19.4. The summed E-state index contributed by atoms with van der Waals surface area (Å²) in [5.41, 5.74) is -0.267. The largest absolute Gasteiger partial charge is 0.390 e. The molecule has 2 fully saturated rings. The first-order chi connectivity index (χ1) is 9.81. The van der Waals surface area contributed by atoms with E-state index < -0.39 is 36.7 Å². The molecular weight excluding hydrogens is 288 g/mol. The molecular formula is C14H14F4N2O. The third-order valence-electron chi connectivity index (χ3n) is 3.95. The predicted octanol–water partition coefficient (Wildman–Crippen LogP) is 2.74. The Bertz CT molecular complexity index is 568. The molecule has 0 bridgehead atoms. The quantitative estimate of drug-likeness (QED) is 0.871. The average molecular weight is 302 g/mol. The van der Waals surface area contributed by atoms with Gasteiger partial charge in [0, 0.05) is 6.54 Å². The second-order valence-electron chi connectivity index (χ2n) is 5.55. The number of carbonyl (C=O) groups excluding carboxylic acids is 1. The fourth-order valence-electron chi connectivity index (χ4n) is 2.69. The van der Waals surface area contributed by atoms with Crippen LogP contribution in [0, 0.1) is 5.82 Å². The van der Waals surface area contributed by atoms with Gasteiger partial charge in [-0.25, -0.2) is 4.39 Å². The maximum Gasteiger partial charge on any atom is 0.390 e. The van der Waals surface area contributed by atoms with Crippen LogP contribution in [-0.4, -0.2) is 29.1 Å². The molecule has 1 atom stereocenters. The molecule has 114 valence electrons. The van der Waals surface area contributed by atoms with Crippen LogP contribution in [-0.2, 0) is 4.79 Å². The number of amides is 1. The topological polar surface area (TPSA) is 32.3 Å². The van der Waals surface area contributed by atoms with Crippen molar-refractivity contribution in [2.24, 2.45) is 0 Å². The number of rotatable bonds is 3. The zero-order valence-electron chi connectivity index (χ0n) is 11.1. The second kappa shape index (κ2) is 4.69. The highest BCUT2D eigenvalue weighted by Crippen LogP contribution is 2.46. The molecule has 1 unspecified atom stereocenters. The molecule has 1 aromatic rings. The van der Waals surface area contributed by atoms with Gasteiger partial charge >= 0.3 is 6.18 Å². The minimum atomic E-state index is -4.33. The van der Waals surface area contributed by atoms with Crippen LogP contribution in [0.15, 0.2) is 24.3 Å². The lowest BCUT2D eigenvalue weighted by atomic mass is 10.1. The molecule has 1 spiro atoms. The van der Waals surface area contributed by atoms with E-state index >= 15 is 0 Å². The van der Waals surface area contributed by atoms with E-state index in [9.17, 15) is 22.4 Å². The summed E-state index contributed by atoms with van der Waals surface area (Å²) in [6.45, 7) is -0.418. The zero-order chi connectivity index (χ0) is 15.3. The number of nitrogens with zero attached hydrogens (tertiary/aromatic N) is 1. The molecule has 1 N–H and O–H groups in total. The molecule has 0 aromatic heterocycles. The average Bonchev–Trinajstić information content (AvgIpc) is 3.11. The Morgan fingerprint density at radius 1 is 1.33 bits per heavy atom. The van der Waals surface area contributed by atoms with E-state index in [-0.39, 0.29) is 5.91 Å². The standard InChI is InChI=1S/C14H14F4N2O/c15-10-3-1-2-9(8-10)11-19-13(4-5-13)12(21)20(11)7-6-14(16,17)18/h1-3,8,11,19H,4-7H2. The van der Waals surface area contributed by atoms with Crippen LogP contribution in [0.4, 0.5) is 17.6 Å². The number of carbonyl (C=O) groups is 1. The predicted molar refractivity (Wildman–Crippen MR) is 66.6 cm³/mol. The highest BCUT2D eigenvalue weighted by molar-refractivity contribution is 5.92. The normalized spacial score (nSPS) is 23.9. The van der Waals surface area contributed by atoms with Crippen molar-refractivity contribution in [2.45, 2.75) is 37.1 Å². The summed E-state index contributed by atoms with van der Waals surface area (Å²) in [5.74, 6) is -0.796. The van der Waals surface area contributed by atoms with E-state index in [2.05, 4.69) is 5.32 Å². The zero-order valence-corrected chi connectivity index (χ0v) is 11.1. The molecule has 1 aliphatic carbocycles. The number of nitrogens with one attached hydrogen (secondary N) is 1. The lowest BCUT2D eigenvalue weighted by molar-refractivity contribution is -0.145. The smallest absolute Gasteiger partial charge is 0.321 e. The highest BCUT2D eigenvalue weighted by Gasteiger charge is 2.59. The Morgan fingerprint density at radius 3 is 2.62 bits per heavy atom. The summed E-state index contributed by atoms with van der Waals surface area (Å²) >= 11 is 0. The molecule has 1 amide bonds. The fraction of sp³-hybridized carbons (Fsp3) is 0.500. The first-order valence-corrected chi connectivity index (χ1v) is 6.72.